The summed E-state index contributed by atoms with van der Waals surface area (Å²) in [5, 5.41) is 9.09. The number of aliphatic carboxylic acids is 1. The molecule has 1 N–H and O–H groups in total. The minimum atomic E-state index is -0.898. The molecule has 1 aromatic carbocycles. The maximum absolute atomic E-state index is 12.0. The number of likely N-dealkylation sites (tertiary alicyclic amines) is 2. The molecule has 2 fully saturated rings. The van der Waals surface area contributed by atoms with Crippen molar-refractivity contribution in [1.29, 1.82) is 0 Å². The summed E-state index contributed by atoms with van der Waals surface area (Å²) < 4.78 is 11.7. The molecule has 1 unspecified atom stereocenters. The fourth-order valence-corrected chi connectivity index (χ4v) is 3.80. The van der Waals surface area contributed by atoms with E-state index in [2.05, 4.69) is 4.90 Å². The standard InChI is InChI=1S/C21H30N2O5/c1-2-27-19-13-16(7-10-23-15-17(21(25)26)14-20(23)24)5-6-18(19)28-12-11-22-8-3-4-9-22/h5-6,13,17H,2-4,7-12,14-15H2,1H3,(H,25,26). The first-order valence-corrected chi connectivity index (χ1v) is 10.2. The second-order valence-electron chi connectivity index (χ2n) is 7.44. The van der Waals surface area contributed by atoms with E-state index < -0.39 is 11.9 Å². The van der Waals surface area contributed by atoms with E-state index in [-0.39, 0.29) is 12.3 Å². The average Bonchev–Trinajstić information content (AvgIpc) is 3.31. The number of carboxylic acid groups (broad SMARTS) is 1. The van der Waals surface area contributed by atoms with Crippen molar-refractivity contribution in [1.82, 2.24) is 9.80 Å². The van der Waals surface area contributed by atoms with Crippen LogP contribution < -0.4 is 9.47 Å². The van der Waals surface area contributed by atoms with Gasteiger partial charge in [-0.2, -0.15) is 0 Å². The van der Waals surface area contributed by atoms with Gasteiger partial charge in [0.15, 0.2) is 11.5 Å². The van der Waals surface area contributed by atoms with Crippen LogP contribution in [0, 0.1) is 5.92 Å². The average molecular weight is 390 g/mol. The topological polar surface area (TPSA) is 79.3 Å². The van der Waals surface area contributed by atoms with Gasteiger partial charge in [0.2, 0.25) is 5.91 Å². The van der Waals surface area contributed by atoms with E-state index in [0.717, 1.165) is 36.7 Å². The van der Waals surface area contributed by atoms with Crippen molar-refractivity contribution < 1.29 is 24.2 Å². The zero-order chi connectivity index (χ0) is 19.9. The summed E-state index contributed by atoms with van der Waals surface area (Å²) in [5.74, 6) is -0.104. The third-order valence-corrected chi connectivity index (χ3v) is 5.41. The van der Waals surface area contributed by atoms with Crippen molar-refractivity contribution >= 4 is 11.9 Å². The Bertz CT molecular complexity index is 687. The lowest BCUT2D eigenvalue weighted by Gasteiger charge is -2.18. The second kappa shape index (κ2) is 9.78. The van der Waals surface area contributed by atoms with Crippen molar-refractivity contribution in [3.63, 3.8) is 0 Å². The number of nitrogens with zero attached hydrogens (tertiary/aromatic N) is 2. The number of amides is 1. The van der Waals surface area contributed by atoms with E-state index in [1.54, 1.807) is 4.90 Å². The molecule has 0 aliphatic carbocycles. The minimum absolute atomic E-state index is 0.0840. The Morgan fingerprint density at radius 2 is 1.96 bits per heavy atom. The van der Waals surface area contributed by atoms with Gasteiger partial charge >= 0.3 is 5.97 Å². The van der Waals surface area contributed by atoms with E-state index >= 15 is 0 Å². The van der Waals surface area contributed by atoms with E-state index in [9.17, 15) is 9.59 Å². The molecule has 2 aliphatic rings. The molecule has 0 saturated carbocycles. The van der Waals surface area contributed by atoms with Crippen molar-refractivity contribution in [2.75, 3.05) is 45.9 Å². The molecule has 0 bridgehead atoms. The smallest absolute Gasteiger partial charge is 0.308 e. The van der Waals surface area contributed by atoms with Gasteiger partial charge in [0.1, 0.15) is 6.61 Å². The number of carbonyl (C=O) groups is 2. The van der Waals surface area contributed by atoms with Crippen LogP contribution in [0.1, 0.15) is 31.7 Å². The van der Waals surface area contributed by atoms with Gasteiger partial charge in [-0.15, -0.1) is 0 Å². The van der Waals surface area contributed by atoms with Gasteiger partial charge in [-0.05, 0) is 57.0 Å². The van der Waals surface area contributed by atoms with Crippen molar-refractivity contribution in [3.8, 4) is 11.5 Å². The van der Waals surface area contributed by atoms with Crippen LogP contribution in [0.5, 0.6) is 11.5 Å². The maximum Gasteiger partial charge on any atom is 0.308 e. The minimum Gasteiger partial charge on any atom is -0.490 e. The van der Waals surface area contributed by atoms with Crippen LogP contribution in [-0.4, -0.2) is 72.7 Å². The molecule has 7 nitrogen and oxygen atoms in total. The van der Waals surface area contributed by atoms with E-state index in [1.807, 2.05) is 25.1 Å². The number of benzene rings is 1. The normalized spacial score (nSPS) is 20.0. The van der Waals surface area contributed by atoms with Crippen molar-refractivity contribution in [3.05, 3.63) is 23.8 Å². The van der Waals surface area contributed by atoms with Crippen LogP contribution in [0.4, 0.5) is 0 Å². The van der Waals surface area contributed by atoms with Crippen LogP contribution in [0.25, 0.3) is 0 Å². The number of rotatable bonds is 10. The van der Waals surface area contributed by atoms with Gasteiger partial charge in [-0.1, -0.05) is 6.07 Å². The molecule has 2 heterocycles. The summed E-state index contributed by atoms with van der Waals surface area (Å²) in [7, 11) is 0. The van der Waals surface area contributed by atoms with E-state index in [1.165, 1.54) is 12.8 Å². The predicted octanol–water partition coefficient (Wildman–Crippen LogP) is 2.04. The molecular formula is C21H30N2O5. The Kier molecular flexibility index (Phi) is 7.14. The van der Waals surface area contributed by atoms with Gasteiger partial charge in [-0.25, -0.2) is 0 Å². The Labute approximate surface area is 166 Å². The van der Waals surface area contributed by atoms with Crippen LogP contribution in [0.15, 0.2) is 18.2 Å². The second-order valence-corrected chi connectivity index (χ2v) is 7.44. The molecule has 1 aromatic rings. The highest BCUT2D eigenvalue weighted by atomic mass is 16.5. The summed E-state index contributed by atoms with van der Waals surface area (Å²) in [4.78, 5) is 27.1. The maximum atomic E-state index is 12.0. The van der Waals surface area contributed by atoms with Crippen molar-refractivity contribution in [2.45, 2.75) is 32.6 Å². The third-order valence-electron chi connectivity index (χ3n) is 5.41. The molecule has 0 aromatic heterocycles. The quantitative estimate of drug-likeness (QED) is 0.659. The summed E-state index contributed by atoms with van der Waals surface area (Å²) in [6.45, 7) is 7.17. The molecule has 7 heteroatoms. The number of hydrogen-bond acceptors (Lipinski definition) is 5. The molecule has 1 atom stereocenters. The lowest BCUT2D eigenvalue weighted by atomic mass is 10.1. The van der Waals surface area contributed by atoms with Crippen LogP contribution in [0.3, 0.4) is 0 Å². The van der Waals surface area contributed by atoms with Gasteiger partial charge in [0, 0.05) is 26.1 Å². The lowest BCUT2D eigenvalue weighted by molar-refractivity contribution is -0.141. The molecule has 28 heavy (non-hydrogen) atoms. The van der Waals surface area contributed by atoms with Gasteiger partial charge in [-0.3, -0.25) is 14.5 Å². The lowest BCUT2D eigenvalue weighted by Crippen LogP contribution is -2.28. The van der Waals surface area contributed by atoms with Crippen LogP contribution in [-0.2, 0) is 16.0 Å². The fraction of sp³-hybridized carbons (Fsp3) is 0.619. The third kappa shape index (κ3) is 5.38. The summed E-state index contributed by atoms with van der Waals surface area (Å²) in [5.41, 5.74) is 1.04. The predicted molar refractivity (Wildman–Crippen MR) is 105 cm³/mol. The Morgan fingerprint density at radius 3 is 2.64 bits per heavy atom. The van der Waals surface area contributed by atoms with Gasteiger partial charge in [0.05, 0.1) is 12.5 Å². The highest BCUT2D eigenvalue weighted by Gasteiger charge is 2.33. The number of hydrogen-bond donors (Lipinski definition) is 1. The van der Waals surface area contributed by atoms with Gasteiger partial charge < -0.3 is 19.5 Å². The largest absolute Gasteiger partial charge is 0.490 e. The number of carbonyl (C=O) groups excluding carboxylic acids is 1. The molecule has 0 spiro atoms. The Morgan fingerprint density at radius 1 is 1.18 bits per heavy atom. The summed E-state index contributed by atoms with van der Waals surface area (Å²) in [6.07, 6.45) is 3.30. The molecule has 1 amide bonds. The Balaban J connectivity index is 1.54. The van der Waals surface area contributed by atoms with E-state index in [4.69, 9.17) is 14.6 Å². The van der Waals surface area contributed by atoms with Gasteiger partial charge in [0.25, 0.3) is 0 Å². The summed E-state index contributed by atoms with van der Waals surface area (Å²) >= 11 is 0. The molecule has 2 aliphatic heterocycles. The fourth-order valence-electron chi connectivity index (χ4n) is 3.80. The van der Waals surface area contributed by atoms with Crippen LogP contribution >= 0.6 is 0 Å². The first-order valence-electron chi connectivity index (χ1n) is 10.2. The first kappa shape index (κ1) is 20.5. The molecule has 154 valence electrons. The summed E-state index contributed by atoms with van der Waals surface area (Å²) in [6, 6.07) is 5.88. The first-order chi connectivity index (χ1) is 13.6. The zero-order valence-corrected chi connectivity index (χ0v) is 16.6. The Hall–Kier alpha value is -2.28. The SMILES string of the molecule is CCOc1cc(CCN2CC(C(=O)O)CC2=O)ccc1OCCN1CCCC1. The highest BCUT2D eigenvalue weighted by Crippen LogP contribution is 2.29. The highest BCUT2D eigenvalue weighted by molar-refractivity contribution is 5.86. The van der Waals surface area contributed by atoms with E-state index in [0.29, 0.717) is 32.7 Å². The zero-order valence-electron chi connectivity index (χ0n) is 16.6. The van der Waals surface area contributed by atoms with Crippen LogP contribution in [0.2, 0.25) is 0 Å². The molecular weight excluding hydrogens is 360 g/mol. The molecule has 3 rings (SSSR count). The molecule has 2 saturated heterocycles. The number of ether oxygens (including phenoxy) is 2. The monoisotopic (exact) mass is 390 g/mol. The van der Waals surface area contributed by atoms with Crippen molar-refractivity contribution in [2.24, 2.45) is 5.92 Å². The number of carboxylic acids is 1. The molecule has 0 radical (unpaired) electrons.